The number of carbonyl (C=O) groups is 1. The minimum Gasteiger partial charge on any atom is -0.298 e. The highest BCUT2D eigenvalue weighted by Gasteiger charge is 2.00. The minimum absolute atomic E-state index is 0.608. The molecule has 0 heterocycles. The van der Waals surface area contributed by atoms with Crippen LogP contribution in [0.25, 0.3) is 0 Å². The van der Waals surface area contributed by atoms with Crippen molar-refractivity contribution in [2.75, 3.05) is 0 Å². The van der Waals surface area contributed by atoms with Gasteiger partial charge in [-0.2, -0.15) is 4.40 Å². The largest absolute Gasteiger partial charge is 0.298 e. The zero-order valence-electron chi connectivity index (χ0n) is 10.4. The predicted molar refractivity (Wildman–Crippen MR) is 77.0 cm³/mol. The van der Waals surface area contributed by atoms with Gasteiger partial charge in [-0.25, -0.2) is 4.21 Å². The fraction of sp³-hybridized carbons (Fsp3) is 0.0667. The second-order valence-electron chi connectivity index (χ2n) is 4.08. The van der Waals surface area contributed by atoms with Gasteiger partial charge in [-0.15, -0.1) is 0 Å². The van der Waals surface area contributed by atoms with Crippen molar-refractivity contribution in [2.45, 2.75) is 11.8 Å². The van der Waals surface area contributed by atoms with Crippen molar-refractivity contribution in [3.8, 4) is 0 Å². The van der Waals surface area contributed by atoms with Gasteiger partial charge in [0.2, 0.25) is 0 Å². The van der Waals surface area contributed by atoms with E-state index in [1.165, 1.54) is 0 Å². The quantitative estimate of drug-likeness (QED) is 0.634. The number of nitrogens with zero attached hydrogens (tertiary/aromatic N) is 1. The van der Waals surface area contributed by atoms with Gasteiger partial charge in [-0.3, -0.25) is 4.79 Å². The smallest absolute Gasteiger partial charge is 0.172 e. The van der Waals surface area contributed by atoms with Crippen molar-refractivity contribution in [3.05, 3.63) is 65.2 Å². The van der Waals surface area contributed by atoms with Crippen LogP contribution >= 0.6 is 0 Å². The molecule has 0 amide bonds. The molecule has 0 aliphatic rings. The third kappa shape index (κ3) is 3.69. The van der Waals surface area contributed by atoms with E-state index in [0.29, 0.717) is 10.5 Å². The lowest BCUT2D eigenvalue weighted by Crippen LogP contribution is -1.90. The van der Waals surface area contributed by atoms with Crippen molar-refractivity contribution in [3.63, 3.8) is 0 Å². The minimum atomic E-state index is -1.40. The van der Waals surface area contributed by atoms with E-state index in [1.807, 2.05) is 19.1 Å². The second-order valence-corrected chi connectivity index (χ2v) is 5.26. The fourth-order valence-electron chi connectivity index (χ4n) is 1.48. The van der Waals surface area contributed by atoms with Crippen molar-refractivity contribution in [1.29, 1.82) is 0 Å². The Balaban J connectivity index is 2.10. The summed E-state index contributed by atoms with van der Waals surface area (Å²) in [4.78, 5) is 11.2. The molecule has 1 atom stereocenters. The van der Waals surface area contributed by atoms with E-state index in [0.717, 1.165) is 17.4 Å². The first-order chi connectivity index (χ1) is 9.19. The molecule has 2 aromatic rings. The van der Waals surface area contributed by atoms with Crippen molar-refractivity contribution < 1.29 is 9.00 Å². The molecule has 0 bridgehead atoms. The SMILES string of the molecule is Cc1ccc([S@](=O)/N=C/c2ccc(C=O)cc2)cc1. The normalized spacial score (nSPS) is 12.5. The Morgan fingerprint density at radius 3 is 2.11 bits per heavy atom. The monoisotopic (exact) mass is 271 g/mol. The van der Waals surface area contributed by atoms with Gasteiger partial charge in [0.05, 0.1) is 4.90 Å². The molecule has 0 aliphatic heterocycles. The molecule has 2 rings (SSSR count). The maximum Gasteiger partial charge on any atom is 0.172 e. The zero-order chi connectivity index (χ0) is 13.7. The third-order valence-corrected chi connectivity index (χ3v) is 3.56. The lowest BCUT2D eigenvalue weighted by atomic mass is 10.2. The molecule has 4 heteroatoms. The summed E-state index contributed by atoms with van der Waals surface area (Å²) in [5.74, 6) is 0. The number of benzene rings is 2. The lowest BCUT2D eigenvalue weighted by Gasteiger charge is -1.97. The summed E-state index contributed by atoms with van der Waals surface area (Å²) in [5, 5.41) is 0. The summed E-state index contributed by atoms with van der Waals surface area (Å²) in [6.45, 7) is 1.98. The van der Waals surface area contributed by atoms with Crippen LogP contribution in [-0.2, 0) is 11.0 Å². The predicted octanol–water partition coefficient (Wildman–Crippen LogP) is 2.95. The summed E-state index contributed by atoms with van der Waals surface area (Å²) in [5.41, 5.74) is 2.54. The maximum absolute atomic E-state index is 11.9. The molecule has 0 spiro atoms. The Morgan fingerprint density at radius 2 is 1.53 bits per heavy atom. The van der Waals surface area contributed by atoms with E-state index < -0.39 is 11.0 Å². The summed E-state index contributed by atoms with van der Waals surface area (Å²) < 4.78 is 15.9. The molecule has 0 aliphatic carbocycles. The average molecular weight is 271 g/mol. The summed E-state index contributed by atoms with van der Waals surface area (Å²) in [6, 6.07) is 14.3. The first-order valence-electron chi connectivity index (χ1n) is 5.77. The maximum atomic E-state index is 11.9. The summed E-state index contributed by atoms with van der Waals surface area (Å²) >= 11 is 0. The number of rotatable bonds is 4. The topological polar surface area (TPSA) is 46.5 Å². The Labute approximate surface area is 114 Å². The van der Waals surface area contributed by atoms with Crippen LogP contribution in [0.4, 0.5) is 0 Å². The van der Waals surface area contributed by atoms with E-state index >= 15 is 0 Å². The summed E-state index contributed by atoms with van der Waals surface area (Å²) in [7, 11) is -1.40. The second kappa shape index (κ2) is 6.20. The van der Waals surface area contributed by atoms with Crippen LogP contribution in [0.3, 0.4) is 0 Å². The van der Waals surface area contributed by atoms with Crippen LogP contribution in [0.2, 0.25) is 0 Å². The van der Waals surface area contributed by atoms with Gasteiger partial charge in [0.25, 0.3) is 0 Å². The molecular formula is C15H13NO2S. The Kier molecular flexibility index (Phi) is 4.36. The third-order valence-electron chi connectivity index (χ3n) is 2.59. The van der Waals surface area contributed by atoms with E-state index in [4.69, 9.17) is 0 Å². The molecule has 0 unspecified atom stereocenters. The highest BCUT2D eigenvalue weighted by Crippen LogP contribution is 2.09. The van der Waals surface area contributed by atoms with Gasteiger partial charge >= 0.3 is 0 Å². The summed E-state index contributed by atoms with van der Waals surface area (Å²) in [6.07, 6.45) is 2.33. The molecule has 3 nitrogen and oxygen atoms in total. The van der Waals surface area contributed by atoms with Crippen LogP contribution in [0.15, 0.2) is 57.8 Å². The Bertz CT molecular complexity index is 616. The fourth-order valence-corrected chi connectivity index (χ4v) is 2.19. The number of aldehydes is 1. The van der Waals surface area contributed by atoms with Crippen LogP contribution in [0.1, 0.15) is 21.5 Å². The first kappa shape index (κ1) is 13.4. The van der Waals surface area contributed by atoms with Crippen molar-refractivity contribution in [1.82, 2.24) is 0 Å². The van der Waals surface area contributed by atoms with Crippen LogP contribution in [-0.4, -0.2) is 16.7 Å². The average Bonchev–Trinajstić information content (AvgIpc) is 2.46. The zero-order valence-corrected chi connectivity index (χ0v) is 11.3. The van der Waals surface area contributed by atoms with Gasteiger partial charge in [0.15, 0.2) is 11.0 Å². The Hall–Kier alpha value is -2.07. The van der Waals surface area contributed by atoms with Crippen molar-refractivity contribution in [2.24, 2.45) is 4.40 Å². The van der Waals surface area contributed by atoms with E-state index in [-0.39, 0.29) is 0 Å². The van der Waals surface area contributed by atoms with Gasteiger partial charge in [-0.1, -0.05) is 42.0 Å². The van der Waals surface area contributed by atoms with E-state index in [1.54, 1.807) is 42.6 Å². The van der Waals surface area contributed by atoms with Crippen LogP contribution in [0, 0.1) is 6.92 Å². The molecule has 0 aromatic heterocycles. The first-order valence-corrected chi connectivity index (χ1v) is 6.87. The number of aryl methyl sites for hydroxylation is 1. The number of hydrogen-bond donors (Lipinski definition) is 0. The van der Waals surface area contributed by atoms with Crippen molar-refractivity contribution >= 4 is 23.5 Å². The highest BCUT2D eigenvalue weighted by molar-refractivity contribution is 7.83. The molecule has 96 valence electrons. The molecule has 19 heavy (non-hydrogen) atoms. The van der Waals surface area contributed by atoms with Gasteiger partial charge in [-0.05, 0) is 24.6 Å². The number of carbonyl (C=O) groups excluding carboxylic acids is 1. The number of hydrogen-bond acceptors (Lipinski definition) is 2. The molecule has 2 aromatic carbocycles. The van der Waals surface area contributed by atoms with Crippen LogP contribution in [0.5, 0.6) is 0 Å². The molecule has 0 N–H and O–H groups in total. The van der Waals surface area contributed by atoms with E-state index in [9.17, 15) is 9.00 Å². The molecule has 0 radical (unpaired) electrons. The molecule has 0 saturated carbocycles. The molecule has 0 fully saturated rings. The lowest BCUT2D eigenvalue weighted by molar-refractivity contribution is 0.112. The Morgan fingerprint density at radius 1 is 0.947 bits per heavy atom. The van der Waals surface area contributed by atoms with Gasteiger partial charge in [0.1, 0.15) is 6.29 Å². The molecule has 0 saturated heterocycles. The van der Waals surface area contributed by atoms with Crippen LogP contribution < -0.4 is 0 Å². The highest BCUT2D eigenvalue weighted by atomic mass is 32.2. The molecular weight excluding hydrogens is 258 g/mol. The van der Waals surface area contributed by atoms with Gasteiger partial charge < -0.3 is 0 Å². The standard InChI is InChI=1S/C15H13NO2S/c1-12-2-8-15(9-3-12)19(18)16-10-13-4-6-14(11-17)7-5-13/h2-11H,1H3/b16-10+/t19-/m0/s1. The van der Waals surface area contributed by atoms with E-state index in [2.05, 4.69) is 4.40 Å². The van der Waals surface area contributed by atoms with Gasteiger partial charge in [0, 0.05) is 11.8 Å².